The second-order valence-electron chi connectivity index (χ2n) is 4.46. The number of amides is 1. The third-order valence-electron chi connectivity index (χ3n) is 2.92. The van der Waals surface area contributed by atoms with Gasteiger partial charge in [0.1, 0.15) is 18.1 Å². The van der Waals surface area contributed by atoms with Crippen molar-refractivity contribution in [1.82, 2.24) is 15.5 Å². The smallest absolute Gasteiger partial charge is 0.265 e. The molecular weight excluding hydrogens is 294 g/mol. The molecule has 2 N–H and O–H groups in total. The SMILES string of the molecule is COCc1cc(CNC(=O)c2scc3c2OCCO3)[nH]n1. The number of carbonyl (C=O) groups is 1. The van der Waals surface area contributed by atoms with Crippen molar-refractivity contribution in [3.8, 4) is 11.5 Å². The summed E-state index contributed by atoms with van der Waals surface area (Å²) in [6, 6.07) is 1.85. The summed E-state index contributed by atoms with van der Waals surface area (Å²) in [4.78, 5) is 12.7. The predicted molar refractivity (Wildman–Crippen MR) is 75.8 cm³/mol. The Morgan fingerprint density at radius 1 is 1.52 bits per heavy atom. The second kappa shape index (κ2) is 6.15. The molecule has 112 valence electrons. The maximum atomic E-state index is 12.2. The molecule has 3 heterocycles. The van der Waals surface area contributed by atoms with Crippen LogP contribution in [0.25, 0.3) is 0 Å². The highest BCUT2D eigenvalue weighted by Gasteiger charge is 2.23. The Balaban J connectivity index is 1.62. The van der Waals surface area contributed by atoms with Crippen molar-refractivity contribution in [3.63, 3.8) is 0 Å². The van der Waals surface area contributed by atoms with Crippen molar-refractivity contribution in [3.05, 3.63) is 27.7 Å². The van der Waals surface area contributed by atoms with Crippen LogP contribution in [-0.4, -0.2) is 36.4 Å². The lowest BCUT2D eigenvalue weighted by Crippen LogP contribution is -2.23. The molecule has 1 aliphatic heterocycles. The van der Waals surface area contributed by atoms with E-state index in [1.165, 1.54) is 11.3 Å². The lowest BCUT2D eigenvalue weighted by molar-refractivity contribution is 0.0945. The van der Waals surface area contributed by atoms with Gasteiger partial charge in [-0.2, -0.15) is 5.10 Å². The average molecular weight is 309 g/mol. The molecule has 0 saturated carbocycles. The van der Waals surface area contributed by atoms with Crippen molar-refractivity contribution < 1.29 is 19.0 Å². The molecule has 8 heteroatoms. The van der Waals surface area contributed by atoms with E-state index in [2.05, 4.69) is 15.5 Å². The van der Waals surface area contributed by atoms with Crippen LogP contribution in [0.15, 0.2) is 11.4 Å². The van der Waals surface area contributed by atoms with Crippen molar-refractivity contribution in [2.45, 2.75) is 13.2 Å². The van der Waals surface area contributed by atoms with Crippen LogP contribution in [0, 0.1) is 0 Å². The van der Waals surface area contributed by atoms with Gasteiger partial charge in [-0.15, -0.1) is 11.3 Å². The normalized spacial score (nSPS) is 13.2. The Morgan fingerprint density at radius 2 is 2.38 bits per heavy atom. The topological polar surface area (TPSA) is 85.5 Å². The summed E-state index contributed by atoms with van der Waals surface area (Å²) in [5, 5.41) is 11.5. The molecule has 1 aliphatic rings. The summed E-state index contributed by atoms with van der Waals surface area (Å²) in [5.41, 5.74) is 1.62. The molecule has 0 spiro atoms. The minimum atomic E-state index is -0.186. The third kappa shape index (κ3) is 3.01. The lowest BCUT2D eigenvalue weighted by Gasteiger charge is -2.15. The molecule has 0 aliphatic carbocycles. The van der Waals surface area contributed by atoms with Gasteiger partial charge < -0.3 is 19.5 Å². The zero-order valence-electron chi connectivity index (χ0n) is 11.5. The van der Waals surface area contributed by atoms with Gasteiger partial charge >= 0.3 is 0 Å². The highest BCUT2D eigenvalue weighted by Crippen LogP contribution is 2.39. The number of nitrogens with zero attached hydrogens (tertiary/aromatic N) is 1. The van der Waals surface area contributed by atoms with E-state index < -0.39 is 0 Å². The first kappa shape index (κ1) is 13.9. The monoisotopic (exact) mass is 309 g/mol. The number of hydrogen-bond acceptors (Lipinski definition) is 6. The van der Waals surface area contributed by atoms with Gasteiger partial charge in [-0.25, -0.2) is 0 Å². The molecule has 2 aromatic rings. The molecular formula is C13H15N3O4S. The average Bonchev–Trinajstić information content (AvgIpc) is 3.12. The van der Waals surface area contributed by atoms with Crippen LogP contribution >= 0.6 is 11.3 Å². The van der Waals surface area contributed by atoms with Crippen molar-refractivity contribution >= 4 is 17.2 Å². The van der Waals surface area contributed by atoms with E-state index in [4.69, 9.17) is 14.2 Å². The molecule has 3 rings (SSSR count). The molecule has 0 radical (unpaired) electrons. The van der Waals surface area contributed by atoms with Gasteiger partial charge in [-0.05, 0) is 6.07 Å². The van der Waals surface area contributed by atoms with E-state index in [1.54, 1.807) is 12.5 Å². The van der Waals surface area contributed by atoms with Gasteiger partial charge in [0, 0.05) is 12.5 Å². The number of aromatic amines is 1. The van der Waals surface area contributed by atoms with Gasteiger partial charge in [0.05, 0.1) is 24.5 Å². The van der Waals surface area contributed by atoms with E-state index in [9.17, 15) is 4.79 Å². The molecule has 2 aromatic heterocycles. The van der Waals surface area contributed by atoms with Gasteiger partial charge in [0.25, 0.3) is 5.91 Å². The zero-order chi connectivity index (χ0) is 14.7. The van der Waals surface area contributed by atoms with Crippen LogP contribution in [0.1, 0.15) is 21.1 Å². The highest BCUT2D eigenvalue weighted by molar-refractivity contribution is 7.12. The van der Waals surface area contributed by atoms with Crippen LogP contribution < -0.4 is 14.8 Å². The maximum absolute atomic E-state index is 12.2. The number of hydrogen-bond donors (Lipinski definition) is 2. The number of nitrogens with one attached hydrogen (secondary N) is 2. The van der Waals surface area contributed by atoms with E-state index in [1.807, 2.05) is 6.07 Å². The van der Waals surface area contributed by atoms with Crippen LogP contribution in [0.4, 0.5) is 0 Å². The number of H-pyrrole nitrogens is 1. The Morgan fingerprint density at radius 3 is 3.24 bits per heavy atom. The van der Waals surface area contributed by atoms with E-state index in [0.29, 0.717) is 42.7 Å². The first-order chi connectivity index (χ1) is 10.3. The fourth-order valence-electron chi connectivity index (χ4n) is 2.00. The standard InChI is InChI=1S/C13H15N3O4S/c1-18-6-9-4-8(15-16-9)5-14-13(17)12-11-10(7-21-12)19-2-3-20-11/h4,7H,2-3,5-6H2,1H3,(H,14,17)(H,15,16). The Kier molecular flexibility index (Phi) is 4.07. The van der Waals surface area contributed by atoms with Crippen LogP contribution in [0.2, 0.25) is 0 Å². The molecule has 7 nitrogen and oxygen atoms in total. The Hall–Kier alpha value is -2.06. The molecule has 0 fully saturated rings. The molecule has 0 atom stereocenters. The minimum Gasteiger partial charge on any atom is -0.485 e. The lowest BCUT2D eigenvalue weighted by atomic mass is 10.3. The fourth-order valence-corrected chi connectivity index (χ4v) is 2.84. The van der Waals surface area contributed by atoms with E-state index in [0.717, 1.165) is 11.4 Å². The predicted octanol–water partition coefficient (Wildman–Crippen LogP) is 1.32. The molecule has 0 unspecified atom stereocenters. The first-order valence-electron chi connectivity index (χ1n) is 6.45. The highest BCUT2D eigenvalue weighted by atomic mass is 32.1. The second-order valence-corrected chi connectivity index (χ2v) is 5.33. The van der Waals surface area contributed by atoms with Gasteiger partial charge in [-0.1, -0.05) is 0 Å². The van der Waals surface area contributed by atoms with E-state index >= 15 is 0 Å². The number of thiophene rings is 1. The molecule has 0 bridgehead atoms. The fraction of sp³-hybridized carbons (Fsp3) is 0.385. The summed E-state index contributed by atoms with van der Waals surface area (Å²) >= 11 is 1.31. The maximum Gasteiger partial charge on any atom is 0.265 e. The quantitative estimate of drug-likeness (QED) is 0.870. The van der Waals surface area contributed by atoms with Gasteiger partial charge in [0.2, 0.25) is 0 Å². The molecule has 1 amide bonds. The van der Waals surface area contributed by atoms with Gasteiger partial charge in [0.15, 0.2) is 11.5 Å². The van der Waals surface area contributed by atoms with Gasteiger partial charge in [-0.3, -0.25) is 9.89 Å². The number of carbonyl (C=O) groups excluding carboxylic acids is 1. The van der Waals surface area contributed by atoms with Crippen molar-refractivity contribution in [2.24, 2.45) is 0 Å². The summed E-state index contributed by atoms with van der Waals surface area (Å²) in [5.74, 6) is 0.989. The number of methoxy groups -OCH3 is 1. The summed E-state index contributed by atoms with van der Waals surface area (Å²) < 4.78 is 15.9. The van der Waals surface area contributed by atoms with Crippen LogP contribution in [0.5, 0.6) is 11.5 Å². The van der Waals surface area contributed by atoms with E-state index in [-0.39, 0.29) is 5.91 Å². The van der Waals surface area contributed by atoms with Crippen LogP contribution in [0.3, 0.4) is 0 Å². The largest absolute Gasteiger partial charge is 0.485 e. The first-order valence-corrected chi connectivity index (χ1v) is 7.33. The van der Waals surface area contributed by atoms with Crippen molar-refractivity contribution in [2.75, 3.05) is 20.3 Å². The third-order valence-corrected chi connectivity index (χ3v) is 3.86. The van der Waals surface area contributed by atoms with Crippen LogP contribution in [-0.2, 0) is 17.9 Å². The number of rotatable bonds is 5. The molecule has 0 aromatic carbocycles. The number of ether oxygens (including phenoxy) is 3. The number of fused-ring (bicyclic) bond motifs is 1. The number of aromatic nitrogens is 2. The Labute approximate surface area is 125 Å². The van der Waals surface area contributed by atoms with Crippen molar-refractivity contribution in [1.29, 1.82) is 0 Å². The minimum absolute atomic E-state index is 0.186. The summed E-state index contributed by atoms with van der Waals surface area (Å²) in [6.07, 6.45) is 0. The zero-order valence-corrected chi connectivity index (χ0v) is 12.3. The molecule has 21 heavy (non-hydrogen) atoms. The molecule has 0 saturated heterocycles. The Bertz CT molecular complexity index is 637. The summed E-state index contributed by atoms with van der Waals surface area (Å²) in [6.45, 7) is 1.78. The summed E-state index contributed by atoms with van der Waals surface area (Å²) in [7, 11) is 1.61.